The number of carbonyl (C=O) groups excluding carboxylic acids is 1. The third kappa shape index (κ3) is 3.12. The number of hydrogen-bond acceptors (Lipinski definition) is 3. The van der Waals surface area contributed by atoms with Crippen molar-refractivity contribution in [2.75, 3.05) is 26.8 Å². The van der Waals surface area contributed by atoms with Crippen LogP contribution in [0.1, 0.15) is 12.8 Å². The summed E-state index contributed by atoms with van der Waals surface area (Å²) in [5.41, 5.74) is 0. The summed E-state index contributed by atoms with van der Waals surface area (Å²) < 4.78 is 10.5. The Bertz CT molecular complexity index is 369. The third-order valence-corrected chi connectivity index (χ3v) is 2.88. The number of methoxy groups -OCH3 is 1. The van der Waals surface area contributed by atoms with Crippen molar-refractivity contribution >= 4 is 5.91 Å². The van der Waals surface area contributed by atoms with Crippen LogP contribution in [0.2, 0.25) is 0 Å². The smallest absolute Gasteiger partial charge is 0.260 e. The lowest BCUT2D eigenvalue weighted by Gasteiger charge is -2.15. The summed E-state index contributed by atoms with van der Waals surface area (Å²) in [6, 6.07) is 7.23. The van der Waals surface area contributed by atoms with E-state index in [2.05, 4.69) is 0 Å². The molecule has 92 valence electrons. The van der Waals surface area contributed by atoms with Gasteiger partial charge in [-0.15, -0.1) is 0 Å². The number of hydrogen-bond donors (Lipinski definition) is 0. The zero-order valence-electron chi connectivity index (χ0n) is 10.0. The monoisotopic (exact) mass is 235 g/mol. The highest BCUT2D eigenvalue weighted by Crippen LogP contribution is 2.17. The Morgan fingerprint density at radius 1 is 1.18 bits per heavy atom. The van der Waals surface area contributed by atoms with E-state index in [1.165, 1.54) is 0 Å². The normalized spacial score (nSPS) is 14.8. The highest BCUT2D eigenvalue weighted by Gasteiger charge is 2.17. The van der Waals surface area contributed by atoms with E-state index < -0.39 is 0 Å². The van der Waals surface area contributed by atoms with E-state index in [9.17, 15) is 4.79 Å². The van der Waals surface area contributed by atoms with Gasteiger partial charge in [-0.3, -0.25) is 4.79 Å². The standard InChI is InChI=1S/C13H17NO3/c1-16-11-4-6-12(7-5-11)17-10-13(15)14-8-2-3-9-14/h4-7H,2-3,8-10H2,1H3. The number of likely N-dealkylation sites (tertiary alicyclic amines) is 1. The molecule has 0 spiro atoms. The van der Waals surface area contributed by atoms with Gasteiger partial charge in [0.05, 0.1) is 7.11 Å². The average Bonchev–Trinajstić information content (AvgIpc) is 2.90. The van der Waals surface area contributed by atoms with Crippen LogP contribution < -0.4 is 9.47 Å². The van der Waals surface area contributed by atoms with Crippen molar-refractivity contribution in [1.82, 2.24) is 4.90 Å². The minimum atomic E-state index is 0.0679. The maximum atomic E-state index is 11.7. The molecule has 1 heterocycles. The molecule has 1 amide bonds. The molecule has 0 N–H and O–H groups in total. The van der Waals surface area contributed by atoms with E-state index >= 15 is 0 Å². The first kappa shape index (κ1) is 11.8. The van der Waals surface area contributed by atoms with Gasteiger partial charge in [0.25, 0.3) is 5.91 Å². The zero-order valence-corrected chi connectivity index (χ0v) is 10.0. The van der Waals surface area contributed by atoms with Gasteiger partial charge < -0.3 is 14.4 Å². The molecule has 0 radical (unpaired) electrons. The van der Waals surface area contributed by atoms with E-state index in [1.54, 1.807) is 19.2 Å². The Morgan fingerprint density at radius 3 is 2.35 bits per heavy atom. The number of carbonyl (C=O) groups is 1. The molecular formula is C13H17NO3. The quantitative estimate of drug-likeness (QED) is 0.797. The van der Waals surface area contributed by atoms with E-state index in [0.717, 1.165) is 31.7 Å². The second-order valence-corrected chi connectivity index (χ2v) is 4.05. The molecule has 4 nitrogen and oxygen atoms in total. The molecular weight excluding hydrogens is 218 g/mol. The lowest BCUT2D eigenvalue weighted by Crippen LogP contribution is -2.32. The molecule has 1 aromatic rings. The van der Waals surface area contributed by atoms with Crippen LogP contribution in [0.5, 0.6) is 11.5 Å². The van der Waals surface area contributed by atoms with Gasteiger partial charge in [-0.2, -0.15) is 0 Å². The molecule has 2 rings (SSSR count). The van der Waals surface area contributed by atoms with Crippen LogP contribution in [0, 0.1) is 0 Å². The van der Waals surface area contributed by atoms with Crippen molar-refractivity contribution in [3.05, 3.63) is 24.3 Å². The van der Waals surface area contributed by atoms with E-state index in [1.807, 2.05) is 17.0 Å². The van der Waals surface area contributed by atoms with Gasteiger partial charge in [0.2, 0.25) is 0 Å². The summed E-state index contributed by atoms with van der Waals surface area (Å²) in [6.07, 6.45) is 2.21. The van der Waals surface area contributed by atoms with Crippen molar-refractivity contribution in [2.24, 2.45) is 0 Å². The predicted octanol–water partition coefficient (Wildman–Crippen LogP) is 1.70. The highest BCUT2D eigenvalue weighted by atomic mass is 16.5. The molecule has 1 aliphatic heterocycles. The van der Waals surface area contributed by atoms with E-state index in [0.29, 0.717) is 5.75 Å². The number of ether oxygens (including phenoxy) is 2. The first-order chi connectivity index (χ1) is 8.29. The molecule has 1 fully saturated rings. The maximum Gasteiger partial charge on any atom is 0.260 e. The molecule has 4 heteroatoms. The number of amides is 1. The van der Waals surface area contributed by atoms with Gasteiger partial charge in [-0.05, 0) is 37.1 Å². The van der Waals surface area contributed by atoms with Crippen molar-refractivity contribution in [1.29, 1.82) is 0 Å². The summed E-state index contributed by atoms with van der Waals surface area (Å²) >= 11 is 0. The van der Waals surface area contributed by atoms with Crippen molar-refractivity contribution < 1.29 is 14.3 Å². The molecule has 1 aliphatic rings. The Hall–Kier alpha value is -1.71. The minimum absolute atomic E-state index is 0.0679. The number of nitrogens with zero attached hydrogens (tertiary/aromatic N) is 1. The Morgan fingerprint density at radius 2 is 1.76 bits per heavy atom. The minimum Gasteiger partial charge on any atom is -0.497 e. The van der Waals surface area contributed by atoms with Crippen molar-refractivity contribution in [3.8, 4) is 11.5 Å². The van der Waals surface area contributed by atoms with Crippen LogP contribution in [0.3, 0.4) is 0 Å². The molecule has 0 bridgehead atoms. The fourth-order valence-corrected chi connectivity index (χ4v) is 1.87. The molecule has 1 aromatic carbocycles. The maximum absolute atomic E-state index is 11.7. The summed E-state index contributed by atoms with van der Waals surface area (Å²) in [7, 11) is 1.62. The van der Waals surface area contributed by atoms with E-state index in [4.69, 9.17) is 9.47 Å². The topological polar surface area (TPSA) is 38.8 Å². The molecule has 0 aromatic heterocycles. The Labute approximate surface area is 101 Å². The second-order valence-electron chi connectivity index (χ2n) is 4.05. The van der Waals surface area contributed by atoms with Gasteiger partial charge in [0, 0.05) is 13.1 Å². The van der Waals surface area contributed by atoms with Crippen LogP contribution in [0.4, 0.5) is 0 Å². The summed E-state index contributed by atoms with van der Waals surface area (Å²) in [4.78, 5) is 13.6. The molecule has 0 atom stereocenters. The van der Waals surface area contributed by atoms with Crippen LogP contribution >= 0.6 is 0 Å². The molecule has 17 heavy (non-hydrogen) atoms. The lowest BCUT2D eigenvalue weighted by molar-refractivity contribution is -0.132. The highest BCUT2D eigenvalue weighted by molar-refractivity contribution is 5.78. The zero-order chi connectivity index (χ0) is 12.1. The first-order valence-electron chi connectivity index (χ1n) is 5.84. The Kier molecular flexibility index (Phi) is 3.85. The van der Waals surface area contributed by atoms with E-state index in [-0.39, 0.29) is 12.5 Å². The van der Waals surface area contributed by atoms with Crippen LogP contribution in [0.15, 0.2) is 24.3 Å². The lowest BCUT2D eigenvalue weighted by atomic mass is 10.3. The number of benzene rings is 1. The van der Waals surface area contributed by atoms with Crippen LogP contribution in [-0.2, 0) is 4.79 Å². The molecule has 0 unspecified atom stereocenters. The first-order valence-corrected chi connectivity index (χ1v) is 5.84. The van der Waals surface area contributed by atoms with Crippen LogP contribution in [-0.4, -0.2) is 37.6 Å². The third-order valence-electron chi connectivity index (χ3n) is 2.88. The molecule has 1 saturated heterocycles. The summed E-state index contributed by atoms with van der Waals surface area (Å²) in [5, 5.41) is 0. The fraction of sp³-hybridized carbons (Fsp3) is 0.462. The number of rotatable bonds is 4. The Balaban J connectivity index is 1.82. The SMILES string of the molecule is COc1ccc(OCC(=O)N2CCCC2)cc1. The van der Waals surface area contributed by atoms with Gasteiger partial charge in [-0.1, -0.05) is 0 Å². The largest absolute Gasteiger partial charge is 0.497 e. The van der Waals surface area contributed by atoms with Gasteiger partial charge in [-0.25, -0.2) is 0 Å². The van der Waals surface area contributed by atoms with Gasteiger partial charge in [0.15, 0.2) is 6.61 Å². The second kappa shape index (κ2) is 5.57. The average molecular weight is 235 g/mol. The summed E-state index contributed by atoms with van der Waals surface area (Å²) in [5.74, 6) is 1.54. The molecule has 0 saturated carbocycles. The van der Waals surface area contributed by atoms with Gasteiger partial charge >= 0.3 is 0 Å². The van der Waals surface area contributed by atoms with Crippen LogP contribution in [0.25, 0.3) is 0 Å². The van der Waals surface area contributed by atoms with Gasteiger partial charge in [0.1, 0.15) is 11.5 Å². The predicted molar refractivity (Wildman–Crippen MR) is 64.3 cm³/mol. The van der Waals surface area contributed by atoms with Crippen molar-refractivity contribution in [3.63, 3.8) is 0 Å². The summed E-state index contributed by atoms with van der Waals surface area (Å²) in [6.45, 7) is 1.85. The fourth-order valence-electron chi connectivity index (χ4n) is 1.87. The molecule has 0 aliphatic carbocycles. The van der Waals surface area contributed by atoms with Crippen molar-refractivity contribution in [2.45, 2.75) is 12.8 Å².